The smallest absolute Gasteiger partial charge is 0.0464 e. The van der Waals surface area contributed by atoms with Gasteiger partial charge in [-0.1, -0.05) is 37.9 Å². The zero-order chi connectivity index (χ0) is 12.1. The Labute approximate surface area is 108 Å². The van der Waals surface area contributed by atoms with Crippen LogP contribution in [-0.4, -0.2) is 5.75 Å². The fourth-order valence-corrected chi connectivity index (χ4v) is 2.82. The quantitative estimate of drug-likeness (QED) is 0.786. The van der Waals surface area contributed by atoms with Crippen LogP contribution in [0.15, 0.2) is 23.1 Å². The minimum atomic E-state index is 0.00103. The molecule has 0 aromatic heterocycles. The monoisotopic (exact) mass is 257 g/mol. The van der Waals surface area contributed by atoms with E-state index in [2.05, 4.69) is 19.9 Å². The van der Waals surface area contributed by atoms with Gasteiger partial charge in [-0.25, -0.2) is 0 Å². The molecule has 0 amide bonds. The second kappa shape index (κ2) is 6.53. The fourth-order valence-electron chi connectivity index (χ4n) is 1.32. The lowest BCUT2D eigenvalue weighted by atomic mass is 10.1. The van der Waals surface area contributed by atoms with Crippen molar-refractivity contribution in [3.63, 3.8) is 0 Å². The third-order valence-corrected chi connectivity index (χ3v) is 4.34. The van der Waals surface area contributed by atoms with E-state index < -0.39 is 0 Å². The first-order valence-corrected chi connectivity index (χ1v) is 7.08. The summed E-state index contributed by atoms with van der Waals surface area (Å²) in [6, 6.07) is 6.16. The summed E-state index contributed by atoms with van der Waals surface area (Å²) >= 11 is 8.04. The Morgan fingerprint density at radius 2 is 2.06 bits per heavy atom. The Morgan fingerprint density at radius 3 is 2.56 bits per heavy atom. The lowest BCUT2D eigenvalue weighted by Crippen LogP contribution is -2.05. The minimum Gasteiger partial charge on any atom is -0.324 e. The first-order valence-electron chi connectivity index (χ1n) is 5.72. The maximum atomic E-state index is 6.18. The molecule has 0 radical (unpaired) electrons. The summed E-state index contributed by atoms with van der Waals surface area (Å²) in [5.41, 5.74) is 6.84. The fraction of sp³-hybridized carbons (Fsp3) is 0.538. The largest absolute Gasteiger partial charge is 0.324 e. The van der Waals surface area contributed by atoms with Gasteiger partial charge in [0, 0.05) is 21.7 Å². The maximum absolute atomic E-state index is 6.18. The summed E-state index contributed by atoms with van der Waals surface area (Å²) in [4.78, 5) is 1.23. The lowest BCUT2D eigenvalue weighted by Gasteiger charge is -2.11. The Morgan fingerprint density at radius 1 is 1.38 bits per heavy atom. The summed E-state index contributed by atoms with van der Waals surface area (Å²) in [5.74, 6) is 1.89. The van der Waals surface area contributed by atoms with Crippen molar-refractivity contribution in [3.05, 3.63) is 28.8 Å². The molecular formula is C13H20ClNS. The van der Waals surface area contributed by atoms with Crippen LogP contribution < -0.4 is 5.73 Å². The molecule has 90 valence electrons. The lowest BCUT2D eigenvalue weighted by molar-refractivity contribution is 0.637. The van der Waals surface area contributed by atoms with E-state index in [1.165, 1.54) is 11.3 Å². The van der Waals surface area contributed by atoms with Crippen molar-refractivity contribution in [1.82, 2.24) is 0 Å². The predicted molar refractivity (Wildman–Crippen MR) is 74.2 cm³/mol. The van der Waals surface area contributed by atoms with Gasteiger partial charge in [-0.2, -0.15) is 0 Å². The van der Waals surface area contributed by atoms with E-state index in [1.807, 2.05) is 30.8 Å². The van der Waals surface area contributed by atoms with Crippen molar-refractivity contribution in [2.75, 3.05) is 5.75 Å². The molecule has 1 rings (SSSR count). The summed E-state index contributed by atoms with van der Waals surface area (Å²) in [5, 5.41) is 0.782. The van der Waals surface area contributed by atoms with Gasteiger partial charge in [0.25, 0.3) is 0 Å². The van der Waals surface area contributed by atoms with Crippen molar-refractivity contribution >= 4 is 23.4 Å². The molecule has 0 aliphatic rings. The molecule has 0 aliphatic heterocycles. The van der Waals surface area contributed by atoms with Gasteiger partial charge in [-0.05, 0) is 30.5 Å². The molecule has 3 heteroatoms. The third-order valence-electron chi connectivity index (χ3n) is 2.69. The molecule has 1 aromatic rings. The molecule has 1 nitrogen and oxygen atoms in total. The van der Waals surface area contributed by atoms with Crippen molar-refractivity contribution in [2.45, 2.75) is 38.1 Å². The Kier molecular flexibility index (Phi) is 5.67. The number of halogens is 1. The molecule has 2 unspecified atom stereocenters. The molecule has 1 aromatic carbocycles. The number of benzene rings is 1. The highest BCUT2D eigenvalue weighted by Crippen LogP contribution is 2.29. The summed E-state index contributed by atoms with van der Waals surface area (Å²) in [6.07, 6.45) is 1.22. The van der Waals surface area contributed by atoms with Crippen molar-refractivity contribution < 1.29 is 0 Å². The molecule has 0 spiro atoms. The Hall–Kier alpha value is -0.180. The van der Waals surface area contributed by atoms with Crippen LogP contribution in [0.25, 0.3) is 0 Å². The number of rotatable bonds is 5. The highest BCUT2D eigenvalue weighted by atomic mass is 35.5. The Bertz CT molecular complexity index is 339. The second-order valence-corrected chi connectivity index (χ2v) is 5.80. The molecule has 0 fully saturated rings. The SMILES string of the molecule is CCC(C)CSc1ccc(C(C)N)c(Cl)c1. The Balaban J connectivity index is 2.66. The summed E-state index contributed by atoms with van der Waals surface area (Å²) < 4.78 is 0. The summed E-state index contributed by atoms with van der Waals surface area (Å²) in [7, 11) is 0. The van der Waals surface area contributed by atoms with E-state index in [-0.39, 0.29) is 6.04 Å². The van der Waals surface area contributed by atoms with Gasteiger partial charge < -0.3 is 5.73 Å². The standard InChI is InChI=1S/C13H20ClNS/c1-4-9(2)8-16-11-5-6-12(10(3)15)13(14)7-11/h5-7,9-10H,4,8,15H2,1-3H3. The highest BCUT2D eigenvalue weighted by molar-refractivity contribution is 7.99. The number of hydrogen-bond donors (Lipinski definition) is 1. The third kappa shape index (κ3) is 4.00. The van der Waals surface area contributed by atoms with E-state index in [9.17, 15) is 0 Å². The van der Waals surface area contributed by atoms with Crippen LogP contribution in [0.4, 0.5) is 0 Å². The zero-order valence-corrected chi connectivity index (χ0v) is 11.7. The van der Waals surface area contributed by atoms with Crippen molar-refractivity contribution in [2.24, 2.45) is 11.7 Å². The highest BCUT2D eigenvalue weighted by Gasteiger charge is 2.07. The second-order valence-electron chi connectivity index (χ2n) is 4.30. The maximum Gasteiger partial charge on any atom is 0.0464 e. The molecule has 0 aliphatic carbocycles. The van der Waals surface area contributed by atoms with Crippen molar-refractivity contribution in [1.29, 1.82) is 0 Å². The number of thioether (sulfide) groups is 1. The van der Waals surface area contributed by atoms with E-state index in [0.29, 0.717) is 0 Å². The van der Waals surface area contributed by atoms with Crippen LogP contribution in [0.1, 0.15) is 38.8 Å². The topological polar surface area (TPSA) is 26.0 Å². The molecular weight excluding hydrogens is 238 g/mol. The van der Waals surface area contributed by atoms with Crippen LogP contribution >= 0.6 is 23.4 Å². The molecule has 2 N–H and O–H groups in total. The van der Waals surface area contributed by atoms with E-state index in [0.717, 1.165) is 22.3 Å². The van der Waals surface area contributed by atoms with Crippen LogP contribution in [0.2, 0.25) is 5.02 Å². The normalized spacial score (nSPS) is 14.8. The van der Waals surface area contributed by atoms with Crippen molar-refractivity contribution in [3.8, 4) is 0 Å². The first-order chi connectivity index (χ1) is 7.54. The van der Waals surface area contributed by atoms with Gasteiger partial charge in [0.2, 0.25) is 0 Å². The van der Waals surface area contributed by atoms with Crippen LogP contribution in [0, 0.1) is 5.92 Å². The van der Waals surface area contributed by atoms with Gasteiger partial charge in [-0.15, -0.1) is 11.8 Å². The van der Waals surface area contributed by atoms with E-state index in [1.54, 1.807) is 0 Å². The molecule has 0 saturated heterocycles. The average Bonchev–Trinajstić information content (AvgIpc) is 2.25. The van der Waals surface area contributed by atoms with E-state index >= 15 is 0 Å². The molecule has 0 bridgehead atoms. The summed E-state index contributed by atoms with van der Waals surface area (Å²) in [6.45, 7) is 6.44. The van der Waals surface area contributed by atoms with Crippen LogP contribution in [-0.2, 0) is 0 Å². The van der Waals surface area contributed by atoms with Gasteiger partial charge in [0.1, 0.15) is 0 Å². The van der Waals surface area contributed by atoms with E-state index in [4.69, 9.17) is 17.3 Å². The zero-order valence-electron chi connectivity index (χ0n) is 10.2. The molecule has 0 heterocycles. The number of nitrogens with two attached hydrogens (primary N) is 1. The first kappa shape index (κ1) is 13.9. The van der Waals surface area contributed by atoms with Crippen LogP contribution in [0.5, 0.6) is 0 Å². The average molecular weight is 258 g/mol. The van der Waals surface area contributed by atoms with Gasteiger partial charge >= 0.3 is 0 Å². The van der Waals surface area contributed by atoms with Gasteiger partial charge in [0.05, 0.1) is 0 Å². The minimum absolute atomic E-state index is 0.00103. The van der Waals surface area contributed by atoms with Gasteiger partial charge in [0.15, 0.2) is 0 Å². The molecule has 2 atom stereocenters. The van der Waals surface area contributed by atoms with Crippen LogP contribution in [0.3, 0.4) is 0 Å². The molecule has 0 saturated carbocycles. The predicted octanol–water partition coefficient (Wildman–Crippen LogP) is 4.50. The molecule has 16 heavy (non-hydrogen) atoms. The number of hydrogen-bond acceptors (Lipinski definition) is 2. The van der Waals surface area contributed by atoms with Gasteiger partial charge in [-0.3, -0.25) is 0 Å².